The fraction of sp³-hybridized carbons (Fsp3) is 0.0952. The van der Waals surface area contributed by atoms with Gasteiger partial charge in [0.1, 0.15) is 5.01 Å². The Bertz CT molecular complexity index is 1160. The average molecular weight is 418 g/mol. The number of nitrogens with one attached hydrogen (secondary N) is 1. The fourth-order valence-corrected chi connectivity index (χ4v) is 4.36. The molecule has 1 amide bonds. The van der Waals surface area contributed by atoms with Crippen LogP contribution in [0.1, 0.15) is 21.7 Å². The van der Waals surface area contributed by atoms with Gasteiger partial charge in [0.05, 0.1) is 23.7 Å². The molecule has 0 aliphatic carbocycles. The van der Waals surface area contributed by atoms with Crippen LogP contribution in [0.25, 0.3) is 10.6 Å². The van der Waals surface area contributed by atoms with Crippen molar-refractivity contribution in [3.05, 3.63) is 82.1 Å². The molecule has 3 heterocycles. The molecule has 3 aromatic heterocycles. The molecular formula is C21H15N5OS2. The summed E-state index contributed by atoms with van der Waals surface area (Å²) in [7, 11) is 0. The number of anilines is 1. The van der Waals surface area contributed by atoms with Crippen LogP contribution in [0, 0.1) is 11.3 Å². The van der Waals surface area contributed by atoms with E-state index in [1.165, 1.54) is 22.7 Å². The lowest BCUT2D eigenvalue weighted by Crippen LogP contribution is -2.14. The molecule has 0 bridgehead atoms. The van der Waals surface area contributed by atoms with Crippen LogP contribution in [0.3, 0.4) is 0 Å². The van der Waals surface area contributed by atoms with Gasteiger partial charge < -0.3 is 5.32 Å². The Balaban J connectivity index is 1.34. The molecule has 6 nitrogen and oxygen atoms in total. The molecule has 1 N–H and O–H groups in total. The molecule has 1 aromatic carbocycles. The van der Waals surface area contributed by atoms with E-state index in [0.29, 0.717) is 17.1 Å². The standard InChI is InChI=1S/C21H15N5OS2/c22-10-15-5-3-14(4-6-15)8-18-12-24-21(29-18)26-19(27)9-17-13-28-20(25-17)16-2-1-7-23-11-16/h1-7,11-13H,8-9H2,(H,24,26,27). The topological polar surface area (TPSA) is 91.6 Å². The summed E-state index contributed by atoms with van der Waals surface area (Å²) in [5, 5.41) is 15.0. The predicted octanol–water partition coefficient (Wildman–Crippen LogP) is 4.31. The van der Waals surface area contributed by atoms with Gasteiger partial charge in [0.15, 0.2) is 5.13 Å². The molecule has 142 valence electrons. The van der Waals surface area contributed by atoms with Gasteiger partial charge in [-0.1, -0.05) is 12.1 Å². The summed E-state index contributed by atoms with van der Waals surface area (Å²) in [5.41, 5.74) is 3.40. The number of hydrogen-bond acceptors (Lipinski definition) is 7. The zero-order chi connectivity index (χ0) is 20.1. The smallest absolute Gasteiger partial charge is 0.232 e. The van der Waals surface area contributed by atoms with E-state index >= 15 is 0 Å². The summed E-state index contributed by atoms with van der Waals surface area (Å²) in [6.45, 7) is 0. The van der Waals surface area contributed by atoms with E-state index in [1.54, 1.807) is 30.7 Å². The van der Waals surface area contributed by atoms with Crippen LogP contribution < -0.4 is 5.32 Å². The van der Waals surface area contributed by atoms with Crippen LogP contribution in [0.2, 0.25) is 0 Å². The number of rotatable bonds is 6. The van der Waals surface area contributed by atoms with Gasteiger partial charge >= 0.3 is 0 Å². The minimum atomic E-state index is -0.146. The Kier molecular flexibility index (Phi) is 5.70. The number of amides is 1. The number of hydrogen-bond donors (Lipinski definition) is 1. The molecule has 0 radical (unpaired) electrons. The van der Waals surface area contributed by atoms with E-state index in [1.807, 2.05) is 29.6 Å². The van der Waals surface area contributed by atoms with Gasteiger partial charge in [0.25, 0.3) is 0 Å². The maximum Gasteiger partial charge on any atom is 0.232 e. The highest BCUT2D eigenvalue weighted by molar-refractivity contribution is 7.15. The molecule has 0 aliphatic heterocycles. The van der Waals surface area contributed by atoms with Crippen molar-refractivity contribution in [2.75, 3.05) is 5.32 Å². The third kappa shape index (κ3) is 4.90. The molecule has 29 heavy (non-hydrogen) atoms. The van der Waals surface area contributed by atoms with Crippen molar-refractivity contribution in [3.63, 3.8) is 0 Å². The van der Waals surface area contributed by atoms with Crippen molar-refractivity contribution < 1.29 is 4.79 Å². The lowest BCUT2D eigenvalue weighted by atomic mass is 10.1. The van der Waals surface area contributed by atoms with Gasteiger partial charge in [-0.2, -0.15) is 5.26 Å². The number of benzene rings is 1. The number of nitrogens with zero attached hydrogens (tertiary/aromatic N) is 4. The van der Waals surface area contributed by atoms with Crippen molar-refractivity contribution >= 4 is 33.7 Å². The van der Waals surface area contributed by atoms with Crippen LogP contribution in [0.15, 0.2) is 60.4 Å². The lowest BCUT2D eigenvalue weighted by Gasteiger charge is -2.00. The minimum Gasteiger partial charge on any atom is -0.302 e. The van der Waals surface area contributed by atoms with E-state index in [0.717, 1.165) is 26.7 Å². The van der Waals surface area contributed by atoms with Gasteiger partial charge in [0.2, 0.25) is 5.91 Å². The number of aromatic nitrogens is 3. The van der Waals surface area contributed by atoms with Crippen LogP contribution in [0.4, 0.5) is 5.13 Å². The fourth-order valence-electron chi connectivity index (χ4n) is 2.68. The molecule has 0 atom stereocenters. The maximum atomic E-state index is 12.3. The highest BCUT2D eigenvalue weighted by atomic mass is 32.1. The van der Waals surface area contributed by atoms with E-state index in [-0.39, 0.29) is 12.3 Å². The Morgan fingerprint density at radius 2 is 2.03 bits per heavy atom. The van der Waals surface area contributed by atoms with Crippen molar-refractivity contribution in [2.24, 2.45) is 0 Å². The first-order valence-corrected chi connectivity index (χ1v) is 10.5. The van der Waals surface area contributed by atoms with Gasteiger partial charge in [-0.3, -0.25) is 9.78 Å². The second-order valence-electron chi connectivity index (χ2n) is 6.23. The predicted molar refractivity (Wildman–Crippen MR) is 114 cm³/mol. The summed E-state index contributed by atoms with van der Waals surface area (Å²) in [4.78, 5) is 26.3. The Morgan fingerprint density at radius 1 is 1.17 bits per heavy atom. The number of pyridine rings is 1. The average Bonchev–Trinajstić information content (AvgIpc) is 3.39. The first kappa shape index (κ1) is 18.9. The highest BCUT2D eigenvalue weighted by Gasteiger charge is 2.11. The summed E-state index contributed by atoms with van der Waals surface area (Å²) in [6.07, 6.45) is 6.14. The molecule has 0 saturated carbocycles. The number of thiazole rings is 2. The zero-order valence-electron chi connectivity index (χ0n) is 15.2. The van der Waals surface area contributed by atoms with Crippen LogP contribution in [-0.4, -0.2) is 20.9 Å². The molecule has 0 saturated heterocycles. The van der Waals surface area contributed by atoms with Crippen LogP contribution in [-0.2, 0) is 17.6 Å². The summed E-state index contributed by atoms with van der Waals surface area (Å²) in [5.74, 6) is -0.146. The zero-order valence-corrected chi connectivity index (χ0v) is 16.8. The molecule has 4 aromatic rings. The molecule has 0 unspecified atom stereocenters. The van der Waals surface area contributed by atoms with E-state index in [4.69, 9.17) is 5.26 Å². The van der Waals surface area contributed by atoms with Gasteiger partial charge in [0, 0.05) is 40.8 Å². The van der Waals surface area contributed by atoms with E-state index in [9.17, 15) is 4.79 Å². The molecule has 4 rings (SSSR count). The normalized spacial score (nSPS) is 10.4. The summed E-state index contributed by atoms with van der Waals surface area (Å²) < 4.78 is 0. The SMILES string of the molecule is N#Cc1ccc(Cc2cnc(NC(=O)Cc3csc(-c4cccnc4)n3)s2)cc1. The Morgan fingerprint density at radius 3 is 2.79 bits per heavy atom. The van der Waals surface area contributed by atoms with Crippen LogP contribution in [0.5, 0.6) is 0 Å². The number of carbonyl (C=O) groups is 1. The first-order chi connectivity index (χ1) is 14.2. The molecule has 0 spiro atoms. The minimum absolute atomic E-state index is 0.146. The molecule has 0 fully saturated rings. The Labute approximate surface area is 175 Å². The Hall–Kier alpha value is -3.41. The monoisotopic (exact) mass is 417 g/mol. The number of carbonyl (C=O) groups excluding carboxylic acids is 1. The van der Waals surface area contributed by atoms with E-state index < -0.39 is 0 Å². The summed E-state index contributed by atoms with van der Waals surface area (Å²) in [6, 6.07) is 13.4. The number of nitriles is 1. The maximum absolute atomic E-state index is 12.3. The highest BCUT2D eigenvalue weighted by Crippen LogP contribution is 2.24. The third-order valence-corrected chi connectivity index (χ3v) is 5.92. The molecule has 0 aliphatic rings. The quantitative estimate of drug-likeness (QED) is 0.505. The lowest BCUT2D eigenvalue weighted by molar-refractivity contribution is -0.115. The molecular weight excluding hydrogens is 402 g/mol. The van der Waals surface area contributed by atoms with E-state index in [2.05, 4.69) is 26.3 Å². The van der Waals surface area contributed by atoms with Gasteiger partial charge in [-0.15, -0.1) is 22.7 Å². The van der Waals surface area contributed by atoms with Crippen molar-refractivity contribution in [1.82, 2.24) is 15.0 Å². The first-order valence-electron chi connectivity index (χ1n) is 8.78. The van der Waals surface area contributed by atoms with Gasteiger partial charge in [-0.05, 0) is 29.8 Å². The second-order valence-corrected chi connectivity index (χ2v) is 8.20. The van der Waals surface area contributed by atoms with Crippen molar-refractivity contribution in [3.8, 4) is 16.6 Å². The van der Waals surface area contributed by atoms with Crippen molar-refractivity contribution in [1.29, 1.82) is 5.26 Å². The second kappa shape index (κ2) is 8.73. The third-order valence-electron chi connectivity index (χ3n) is 4.06. The van der Waals surface area contributed by atoms with Crippen molar-refractivity contribution in [2.45, 2.75) is 12.8 Å². The van der Waals surface area contributed by atoms with Crippen LogP contribution >= 0.6 is 22.7 Å². The van der Waals surface area contributed by atoms with Gasteiger partial charge in [-0.25, -0.2) is 9.97 Å². The summed E-state index contributed by atoms with van der Waals surface area (Å²) >= 11 is 2.94. The largest absolute Gasteiger partial charge is 0.302 e. The molecule has 8 heteroatoms.